The van der Waals surface area contributed by atoms with Gasteiger partial charge in [-0.05, 0) is 59.7 Å². The Morgan fingerprint density at radius 1 is 0.769 bits per heavy atom. The number of carbonyl (C=O) groups is 2. The van der Waals surface area contributed by atoms with E-state index in [2.05, 4.69) is 0 Å². The first kappa shape index (κ1) is 27.2. The van der Waals surface area contributed by atoms with Gasteiger partial charge in [-0.3, -0.25) is 4.79 Å². The number of carboxylic acids is 1. The summed E-state index contributed by atoms with van der Waals surface area (Å²) in [5.41, 5.74) is 0.856. The summed E-state index contributed by atoms with van der Waals surface area (Å²) in [6, 6.07) is 12.8. The summed E-state index contributed by atoms with van der Waals surface area (Å²) in [6.45, 7) is -0.0374. The van der Waals surface area contributed by atoms with Crippen LogP contribution in [0.3, 0.4) is 0 Å². The van der Waals surface area contributed by atoms with Gasteiger partial charge in [0.2, 0.25) is 18.3 Å². The van der Waals surface area contributed by atoms with Gasteiger partial charge in [0.1, 0.15) is 5.75 Å². The number of aliphatic carboxylic acids is 1. The van der Waals surface area contributed by atoms with E-state index in [0.717, 1.165) is 0 Å². The predicted octanol–water partition coefficient (Wildman–Crippen LogP) is 4.42. The molecule has 204 valence electrons. The molecule has 0 saturated heterocycles. The number of allylic oxidation sites excluding steroid dienone is 1. The van der Waals surface area contributed by atoms with Crippen molar-refractivity contribution in [1.82, 2.24) is 0 Å². The Labute approximate surface area is 225 Å². The maximum atomic E-state index is 14.0. The highest BCUT2D eigenvalue weighted by Gasteiger charge is 2.28. The number of fused-ring (bicyclic) bond motifs is 1. The number of carboxylic acid groups (broad SMARTS) is 1. The van der Waals surface area contributed by atoms with Gasteiger partial charge in [0.15, 0.2) is 28.8 Å². The van der Waals surface area contributed by atoms with E-state index in [4.69, 9.17) is 33.2 Å². The molecule has 1 N–H and O–H groups in total. The smallest absolute Gasteiger partial charge is 0.336 e. The van der Waals surface area contributed by atoms with Crippen LogP contribution in [0.2, 0.25) is 0 Å². The average molecular weight is 537 g/mol. The summed E-state index contributed by atoms with van der Waals surface area (Å²) in [7, 11) is 7.38. The number of carbonyl (C=O) groups excluding carboxylic acids is 1. The molecule has 10 nitrogen and oxygen atoms in total. The lowest BCUT2D eigenvalue weighted by Gasteiger charge is -2.17. The van der Waals surface area contributed by atoms with Gasteiger partial charge in [0.05, 0.1) is 41.1 Å². The van der Waals surface area contributed by atoms with Crippen molar-refractivity contribution in [2.24, 2.45) is 0 Å². The van der Waals surface area contributed by atoms with Gasteiger partial charge in [0, 0.05) is 17.6 Å². The normalized spacial score (nSPS) is 12.3. The molecule has 1 heterocycles. The molecule has 0 saturated carbocycles. The Hall–Kier alpha value is -4.86. The number of benzene rings is 3. The van der Waals surface area contributed by atoms with Gasteiger partial charge in [0.25, 0.3) is 0 Å². The summed E-state index contributed by atoms with van der Waals surface area (Å²) < 4.78 is 37.9. The predicted molar refractivity (Wildman–Crippen MR) is 141 cm³/mol. The molecule has 39 heavy (non-hydrogen) atoms. The zero-order chi connectivity index (χ0) is 28.1. The SMILES string of the molecule is COc1ccc(C(=O)/C(Cc2cc(OC)c(OC)c(OC)c2)=C(\C(=O)O)c2cc(OC)c3c(c2)OCO3)cc1. The first-order valence-electron chi connectivity index (χ1n) is 11.8. The molecular weight excluding hydrogens is 508 g/mol. The Balaban J connectivity index is 1.95. The van der Waals surface area contributed by atoms with E-state index in [1.54, 1.807) is 36.4 Å². The van der Waals surface area contributed by atoms with Crippen LogP contribution in [0.4, 0.5) is 0 Å². The Kier molecular flexibility index (Phi) is 8.14. The van der Waals surface area contributed by atoms with Crippen LogP contribution in [-0.2, 0) is 11.2 Å². The second-order valence-electron chi connectivity index (χ2n) is 8.34. The fraction of sp³-hybridized carbons (Fsp3) is 0.241. The van der Waals surface area contributed by atoms with Crippen molar-refractivity contribution in [2.75, 3.05) is 42.3 Å². The molecule has 0 amide bonds. The van der Waals surface area contributed by atoms with E-state index in [9.17, 15) is 14.7 Å². The van der Waals surface area contributed by atoms with Crippen molar-refractivity contribution < 1.29 is 47.9 Å². The minimum atomic E-state index is -1.31. The van der Waals surface area contributed by atoms with E-state index in [1.807, 2.05) is 0 Å². The van der Waals surface area contributed by atoms with Crippen LogP contribution in [0.15, 0.2) is 54.1 Å². The second kappa shape index (κ2) is 11.7. The third-order valence-electron chi connectivity index (χ3n) is 6.19. The number of ether oxygens (including phenoxy) is 7. The van der Waals surface area contributed by atoms with Crippen LogP contribution in [-0.4, -0.2) is 59.2 Å². The zero-order valence-corrected chi connectivity index (χ0v) is 22.2. The fourth-order valence-electron chi connectivity index (χ4n) is 4.34. The average Bonchev–Trinajstić information content (AvgIpc) is 3.44. The lowest BCUT2D eigenvalue weighted by molar-refractivity contribution is -0.130. The summed E-state index contributed by atoms with van der Waals surface area (Å²) in [6.07, 6.45) is -0.0695. The van der Waals surface area contributed by atoms with E-state index >= 15 is 0 Å². The summed E-state index contributed by atoms with van der Waals surface area (Å²) in [4.78, 5) is 26.8. The standard InChI is InChI=1S/C29H28O10/c1-33-19-8-6-17(7-9-19)26(30)20(10-16-11-21(34-2)27(37-5)22(12-16)35-3)25(29(31)32)18-13-23(36-4)28-24(14-18)38-15-39-28/h6-9,11-14H,10,15H2,1-5H3,(H,31,32)/b25-20-. The zero-order valence-electron chi connectivity index (χ0n) is 22.2. The minimum Gasteiger partial charge on any atom is -0.497 e. The number of hydrogen-bond donors (Lipinski definition) is 1. The maximum absolute atomic E-state index is 14.0. The number of rotatable bonds is 11. The maximum Gasteiger partial charge on any atom is 0.336 e. The van der Waals surface area contributed by atoms with Crippen LogP contribution >= 0.6 is 0 Å². The molecule has 0 bridgehead atoms. The molecule has 3 aromatic carbocycles. The Bertz CT molecular complexity index is 1400. The van der Waals surface area contributed by atoms with E-state index in [-0.39, 0.29) is 41.2 Å². The summed E-state index contributed by atoms with van der Waals surface area (Å²) in [5.74, 6) is 0.819. The van der Waals surface area contributed by atoms with Crippen molar-refractivity contribution in [1.29, 1.82) is 0 Å². The molecule has 0 radical (unpaired) electrons. The molecule has 0 spiro atoms. The quantitative estimate of drug-likeness (QED) is 0.279. The van der Waals surface area contributed by atoms with Gasteiger partial charge in [-0.25, -0.2) is 4.79 Å². The highest BCUT2D eigenvalue weighted by atomic mass is 16.7. The lowest BCUT2D eigenvalue weighted by atomic mass is 9.89. The third kappa shape index (κ3) is 5.40. The van der Waals surface area contributed by atoms with Crippen molar-refractivity contribution in [2.45, 2.75) is 6.42 Å². The number of methoxy groups -OCH3 is 5. The third-order valence-corrected chi connectivity index (χ3v) is 6.19. The highest BCUT2D eigenvalue weighted by molar-refractivity contribution is 6.26. The first-order chi connectivity index (χ1) is 18.8. The summed E-state index contributed by atoms with van der Waals surface area (Å²) >= 11 is 0. The molecule has 1 aliphatic rings. The second-order valence-corrected chi connectivity index (χ2v) is 8.34. The van der Waals surface area contributed by atoms with Crippen molar-refractivity contribution in [3.63, 3.8) is 0 Å². The Morgan fingerprint density at radius 2 is 1.41 bits per heavy atom. The van der Waals surface area contributed by atoms with Gasteiger partial charge in [-0.15, -0.1) is 0 Å². The number of hydrogen-bond acceptors (Lipinski definition) is 9. The molecule has 3 aromatic rings. The number of Topliss-reactive ketones (excluding diaryl/α,β-unsaturated/α-hetero) is 1. The van der Waals surface area contributed by atoms with Crippen LogP contribution in [0.1, 0.15) is 21.5 Å². The van der Waals surface area contributed by atoms with E-state index in [1.165, 1.54) is 47.7 Å². The van der Waals surface area contributed by atoms with Crippen LogP contribution < -0.4 is 33.2 Å². The van der Waals surface area contributed by atoms with E-state index < -0.39 is 11.8 Å². The lowest BCUT2D eigenvalue weighted by Crippen LogP contribution is -2.14. The molecule has 0 aliphatic carbocycles. The van der Waals surface area contributed by atoms with Crippen molar-refractivity contribution in [3.8, 4) is 40.2 Å². The first-order valence-corrected chi connectivity index (χ1v) is 11.8. The minimum absolute atomic E-state index is 0.0165. The van der Waals surface area contributed by atoms with Crippen LogP contribution in [0, 0.1) is 0 Å². The van der Waals surface area contributed by atoms with Gasteiger partial charge < -0.3 is 38.3 Å². The fourth-order valence-corrected chi connectivity index (χ4v) is 4.34. The van der Waals surface area contributed by atoms with Crippen molar-refractivity contribution in [3.05, 3.63) is 70.8 Å². The molecule has 10 heteroatoms. The monoisotopic (exact) mass is 536 g/mol. The molecule has 0 atom stereocenters. The van der Waals surface area contributed by atoms with Gasteiger partial charge in [-0.1, -0.05) is 0 Å². The van der Waals surface area contributed by atoms with Gasteiger partial charge >= 0.3 is 5.97 Å². The van der Waals surface area contributed by atoms with Crippen LogP contribution in [0.5, 0.6) is 40.2 Å². The molecular formula is C29H28O10. The van der Waals surface area contributed by atoms with Crippen LogP contribution in [0.25, 0.3) is 5.57 Å². The highest BCUT2D eigenvalue weighted by Crippen LogP contribution is 2.44. The molecule has 0 aromatic heterocycles. The van der Waals surface area contributed by atoms with E-state index in [0.29, 0.717) is 40.1 Å². The molecule has 4 rings (SSSR count). The Morgan fingerprint density at radius 3 is 1.95 bits per heavy atom. The molecule has 0 unspecified atom stereocenters. The van der Waals surface area contributed by atoms with Crippen molar-refractivity contribution >= 4 is 17.3 Å². The molecule has 1 aliphatic heterocycles. The van der Waals surface area contributed by atoms with Gasteiger partial charge in [-0.2, -0.15) is 0 Å². The topological polar surface area (TPSA) is 119 Å². The summed E-state index contributed by atoms with van der Waals surface area (Å²) in [5, 5.41) is 10.4. The largest absolute Gasteiger partial charge is 0.497 e. The number of ketones is 1. The molecule has 0 fully saturated rings.